The SMILES string of the molecule is CSc1ccc(C(C)NC(C)c2ccc(C)cc2O)cc1. The van der Waals surface area contributed by atoms with Gasteiger partial charge in [-0.3, -0.25) is 0 Å². The van der Waals surface area contributed by atoms with Gasteiger partial charge in [0, 0.05) is 22.5 Å². The van der Waals surface area contributed by atoms with E-state index in [2.05, 4.69) is 49.7 Å². The largest absolute Gasteiger partial charge is 0.508 e. The number of aromatic hydroxyl groups is 1. The average Bonchev–Trinajstić information content (AvgIpc) is 2.47. The Labute approximate surface area is 131 Å². The Morgan fingerprint density at radius 2 is 1.67 bits per heavy atom. The van der Waals surface area contributed by atoms with Crippen molar-refractivity contribution in [1.29, 1.82) is 0 Å². The minimum absolute atomic E-state index is 0.0980. The molecule has 0 fully saturated rings. The minimum Gasteiger partial charge on any atom is -0.508 e. The van der Waals surface area contributed by atoms with Crippen molar-refractivity contribution in [1.82, 2.24) is 5.32 Å². The lowest BCUT2D eigenvalue weighted by Gasteiger charge is -2.22. The topological polar surface area (TPSA) is 32.3 Å². The van der Waals surface area contributed by atoms with Crippen molar-refractivity contribution >= 4 is 11.8 Å². The number of hydrogen-bond donors (Lipinski definition) is 2. The Kier molecular flexibility index (Phi) is 5.32. The number of phenols is 1. The molecule has 0 saturated heterocycles. The van der Waals surface area contributed by atoms with E-state index >= 15 is 0 Å². The van der Waals surface area contributed by atoms with Gasteiger partial charge in [-0.25, -0.2) is 0 Å². The molecule has 2 aromatic carbocycles. The highest BCUT2D eigenvalue weighted by atomic mass is 32.2. The predicted molar refractivity (Wildman–Crippen MR) is 91.0 cm³/mol. The molecule has 0 saturated carbocycles. The van der Waals surface area contributed by atoms with Gasteiger partial charge in [0.1, 0.15) is 5.75 Å². The second kappa shape index (κ2) is 7.01. The van der Waals surface area contributed by atoms with Crippen LogP contribution in [0.1, 0.15) is 42.6 Å². The van der Waals surface area contributed by atoms with E-state index in [9.17, 15) is 5.11 Å². The van der Waals surface area contributed by atoms with Crippen molar-refractivity contribution in [3.05, 3.63) is 59.2 Å². The summed E-state index contributed by atoms with van der Waals surface area (Å²) < 4.78 is 0. The van der Waals surface area contributed by atoms with Gasteiger partial charge in [-0.05, 0) is 56.4 Å². The van der Waals surface area contributed by atoms with Gasteiger partial charge in [-0.2, -0.15) is 0 Å². The fraction of sp³-hybridized carbons (Fsp3) is 0.333. The maximum absolute atomic E-state index is 10.1. The van der Waals surface area contributed by atoms with Crippen LogP contribution < -0.4 is 5.32 Å². The molecule has 0 radical (unpaired) electrons. The third-order valence-corrected chi connectivity index (χ3v) is 4.51. The fourth-order valence-corrected chi connectivity index (χ4v) is 2.88. The Bertz CT molecular complexity index is 595. The maximum Gasteiger partial charge on any atom is 0.120 e. The molecule has 2 nitrogen and oxygen atoms in total. The van der Waals surface area contributed by atoms with Crippen LogP contribution >= 0.6 is 11.8 Å². The van der Waals surface area contributed by atoms with Crippen LogP contribution in [0.25, 0.3) is 0 Å². The zero-order chi connectivity index (χ0) is 15.4. The van der Waals surface area contributed by atoms with Crippen LogP contribution in [-0.4, -0.2) is 11.4 Å². The standard InChI is InChI=1S/C18H23NOS/c1-12-5-10-17(18(20)11-12)14(3)19-13(2)15-6-8-16(21-4)9-7-15/h5-11,13-14,19-20H,1-4H3. The highest BCUT2D eigenvalue weighted by Crippen LogP contribution is 2.27. The summed E-state index contributed by atoms with van der Waals surface area (Å²) in [4.78, 5) is 1.27. The third kappa shape index (κ3) is 4.02. The van der Waals surface area contributed by atoms with Gasteiger partial charge in [-0.1, -0.05) is 24.3 Å². The Morgan fingerprint density at radius 1 is 1.00 bits per heavy atom. The van der Waals surface area contributed by atoms with E-state index in [1.165, 1.54) is 10.5 Å². The van der Waals surface area contributed by atoms with Gasteiger partial charge in [0.2, 0.25) is 0 Å². The lowest BCUT2D eigenvalue weighted by Crippen LogP contribution is -2.22. The number of phenolic OH excluding ortho intramolecular Hbond substituents is 1. The van der Waals surface area contributed by atoms with Gasteiger partial charge in [0.05, 0.1) is 0 Å². The number of aryl methyl sites for hydroxylation is 1. The molecule has 3 heteroatoms. The molecule has 0 spiro atoms. The average molecular weight is 301 g/mol. The number of rotatable bonds is 5. The molecule has 0 aliphatic heterocycles. The maximum atomic E-state index is 10.1. The molecule has 112 valence electrons. The third-order valence-electron chi connectivity index (χ3n) is 3.77. The van der Waals surface area contributed by atoms with Crippen molar-refractivity contribution in [2.45, 2.75) is 37.8 Å². The molecule has 0 amide bonds. The Hall–Kier alpha value is -1.45. The van der Waals surface area contributed by atoms with Gasteiger partial charge in [0.25, 0.3) is 0 Å². The zero-order valence-corrected chi connectivity index (χ0v) is 13.9. The normalized spacial score (nSPS) is 13.9. The molecule has 2 rings (SSSR count). The molecule has 0 aliphatic carbocycles. The van der Waals surface area contributed by atoms with Gasteiger partial charge >= 0.3 is 0 Å². The Balaban J connectivity index is 2.08. The molecular weight excluding hydrogens is 278 g/mol. The van der Waals surface area contributed by atoms with E-state index in [-0.39, 0.29) is 12.1 Å². The summed E-state index contributed by atoms with van der Waals surface area (Å²) in [6.07, 6.45) is 2.08. The summed E-state index contributed by atoms with van der Waals surface area (Å²) in [5.41, 5.74) is 3.27. The molecule has 2 unspecified atom stereocenters. The molecule has 0 heterocycles. The van der Waals surface area contributed by atoms with Crippen LogP contribution in [0.2, 0.25) is 0 Å². The van der Waals surface area contributed by atoms with Crippen molar-refractivity contribution < 1.29 is 5.11 Å². The van der Waals surface area contributed by atoms with Crippen molar-refractivity contribution in [2.24, 2.45) is 0 Å². The number of thioether (sulfide) groups is 1. The zero-order valence-electron chi connectivity index (χ0n) is 13.1. The molecule has 2 N–H and O–H groups in total. The van der Waals surface area contributed by atoms with Crippen molar-refractivity contribution in [3.8, 4) is 5.75 Å². The first kappa shape index (κ1) is 15.9. The predicted octanol–water partition coefficient (Wildman–Crippen LogP) is 4.83. The van der Waals surface area contributed by atoms with Crippen molar-refractivity contribution in [3.63, 3.8) is 0 Å². The number of hydrogen-bond acceptors (Lipinski definition) is 3. The summed E-state index contributed by atoms with van der Waals surface area (Å²) in [7, 11) is 0. The first-order valence-electron chi connectivity index (χ1n) is 7.20. The van der Waals surface area contributed by atoms with Gasteiger partial charge < -0.3 is 10.4 Å². The van der Waals surface area contributed by atoms with Crippen LogP contribution in [0, 0.1) is 6.92 Å². The minimum atomic E-state index is 0.0980. The van der Waals surface area contributed by atoms with E-state index < -0.39 is 0 Å². The van der Waals surface area contributed by atoms with Crippen LogP contribution in [0.5, 0.6) is 5.75 Å². The summed E-state index contributed by atoms with van der Waals surface area (Å²) in [5, 5.41) is 13.6. The van der Waals surface area contributed by atoms with Crippen LogP contribution in [-0.2, 0) is 0 Å². The fourth-order valence-electron chi connectivity index (χ4n) is 2.47. The van der Waals surface area contributed by atoms with Crippen LogP contribution in [0.15, 0.2) is 47.4 Å². The van der Waals surface area contributed by atoms with Gasteiger partial charge in [-0.15, -0.1) is 11.8 Å². The molecule has 2 atom stereocenters. The summed E-state index contributed by atoms with van der Waals surface area (Å²) in [6.45, 7) is 6.21. The first-order valence-corrected chi connectivity index (χ1v) is 8.43. The Morgan fingerprint density at radius 3 is 2.24 bits per heavy atom. The molecule has 21 heavy (non-hydrogen) atoms. The highest BCUT2D eigenvalue weighted by molar-refractivity contribution is 7.98. The lowest BCUT2D eigenvalue weighted by molar-refractivity contribution is 0.438. The summed E-state index contributed by atoms with van der Waals surface area (Å²) in [5.74, 6) is 0.361. The van der Waals surface area contributed by atoms with E-state index in [4.69, 9.17) is 0 Å². The monoisotopic (exact) mass is 301 g/mol. The first-order chi connectivity index (χ1) is 10.0. The quantitative estimate of drug-likeness (QED) is 0.775. The summed E-state index contributed by atoms with van der Waals surface area (Å²) in [6, 6.07) is 14.8. The van der Waals surface area contributed by atoms with E-state index in [0.29, 0.717) is 5.75 Å². The highest BCUT2D eigenvalue weighted by Gasteiger charge is 2.14. The second-order valence-corrected chi connectivity index (χ2v) is 6.33. The van der Waals surface area contributed by atoms with E-state index in [1.807, 2.05) is 25.1 Å². The smallest absolute Gasteiger partial charge is 0.120 e. The molecule has 0 aromatic heterocycles. The van der Waals surface area contributed by atoms with Crippen LogP contribution in [0.3, 0.4) is 0 Å². The van der Waals surface area contributed by atoms with Crippen LogP contribution in [0.4, 0.5) is 0 Å². The number of nitrogens with one attached hydrogen (secondary N) is 1. The molecule has 0 bridgehead atoms. The molecular formula is C18H23NOS. The molecule has 2 aromatic rings. The second-order valence-electron chi connectivity index (χ2n) is 5.45. The van der Waals surface area contributed by atoms with Gasteiger partial charge in [0.15, 0.2) is 0 Å². The van der Waals surface area contributed by atoms with E-state index in [0.717, 1.165) is 11.1 Å². The molecule has 0 aliphatic rings. The van der Waals surface area contributed by atoms with E-state index in [1.54, 1.807) is 11.8 Å². The number of benzene rings is 2. The lowest BCUT2D eigenvalue weighted by atomic mass is 10.0. The summed E-state index contributed by atoms with van der Waals surface area (Å²) >= 11 is 1.75. The van der Waals surface area contributed by atoms with Crippen molar-refractivity contribution in [2.75, 3.05) is 6.26 Å².